The van der Waals surface area contributed by atoms with E-state index in [9.17, 15) is 18.5 Å². The maximum Gasteiger partial charge on any atom is 0.356 e. The van der Waals surface area contributed by atoms with Crippen LogP contribution < -0.4 is 25.5 Å². The Morgan fingerprint density at radius 1 is 1.07 bits per heavy atom. The van der Waals surface area contributed by atoms with Crippen LogP contribution >= 0.6 is 7.60 Å². The molecule has 0 saturated carbocycles. The van der Waals surface area contributed by atoms with Gasteiger partial charge in [-0.3, -0.25) is 19.1 Å². The molecule has 4 aromatic rings. The number of fused-ring (bicyclic) bond motifs is 1. The summed E-state index contributed by atoms with van der Waals surface area (Å²) < 4.78 is 61.0. The largest absolute Gasteiger partial charge is 0.497 e. The van der Waals surface area contributed by atoms with Gasteiger partial charge in [-0.2, -0.15) is 4.98 Å². The molecule has 0 aliphatic carbocycles. The van der Waals surface area contributed by atoms with Crippen molar-refractivity contribution in [1.29, 1.82) is 0 Å². The highest BCUT2D eigenvalue weighted by Crippen LogP contribution is 2.49. The number of aromatic amines is 1. The Balaban J connectivity index is 1.35. The fourth-order valence-electron chi connectivity index (χ4n) is 3.65. The molecule has 0 bridgehead atoms. The Morgan fingerprint density at radius 2 is 1.83 bits per heavy atom. The minimum atomic E-state index is -3.95. The summed E-state index contributed by atoms with van der Waals surface area (Å²) in [6.45, 7) is -0.377. The van der Waals surface area contributed by atoms with Crippen molar-refractivity contribution in [3.05, 3.63) is 70.5 Å². The Morgan fingerprint density at radius 3 is 2.55 bits per heavy atom. The third kappa shape index (κ3) is 8.13. The molecular weight excluding hydrogens is 576 g/mol. The number of hydrogen-bond acceptors (Lipinski definition) is 12. The van der Waals surface area contributed by atoms with E-state index in [1.54, 1.807) is 34.9 Å². The fraction of sp³-hybridized carbons (Fsp3) is 0.308. The minimum Gasteiger partial charge on any atom is -0.497 e. The van der Waals surface area contributed by atoms with Crippen LogP contribution in [0.25, 0.3) is 11.2 Å². The summed E-state index contributed by atoms with van der Waals surface area (Å²) >= 11 is 0. The lowest BCUT2D eigenvalue weighted by Gasteiger charge is -2.19. The van der Waals surface area contributed by atoms with E-state index < -0.39 is 31.3 Å². The number of H-pyrrole nitrogens is 1. The third-order valence-corrected chi connectivity index (χ3v) is 7.35. The molecule has 0 amide bonds. The first kappa shape index (κ1) is 30.7. The van der Waals surface area contributed by atoms with Crippen LogP contribution in [0.4, 0.5) is 10.3 Å². The van der Waals surface area contributed by atoms with E-state index in [2.05, 4.69) is 15.0 Å². The number of nitrogens with zero attached hydrogens (tertiary/aromatic N) is 3. The van der Waals surface area contributed by atoms with Crippen molar-refractivity contribution in [1.82, 2.24) is 19.5 Å². The number of ether oxygens (including phenoxy) is 4. The smallest absolute Gasteiger partial charge is 0.356 e. The van der Waals surface area contributed by atoms with Gasteiger partial charge in [-0.05, 0) is 42.0 Å². The van der Waals surface area contributed by atoms with Crippen molar-refractivity contribution in [3.63, 3.8) is 0 Å². The normalized spacial score (nSPS) is 12.6. The number of hydrogen-bond donors (Lipinski definition) is 2. The molecule has 2 aromatic carbocycles. The van der Waals surface area contributed by atoms with Gasteiger partial charge in [0.1, 0.15) is 17.8 Å². The van der Waals surface area contributed by atoms with Crippen molar-refractivity contribution in [2.75, 3.05) is 39.5 Å². The van der Waals surface area contributed by atoms with Gasteiger partial charge >= 0.3 is 13.6 Å². The van der Waals surface area contributed by atoms with Gasteiger partial charge in [0.2, 0.25) is 5.95 Å². The fourth-order valence-corrected chi connectivity index (χ4v) is 4.94. The second-order valence-electron chi connectivity index (χ2n) is 8.68. The Bertz CT molecular complexity index is 1630. The Kier molecular flexibility index (Phi) is 10.3. The summed E-state index contributed by atoms with van der Waals surface area (Å²) in [7, 11) is -1.10. The molecule has 3 N–H and O–H groups in total. The van der Waals surface area contributed by atoms with Crippen molar-refractivity contribution in [2.24, 2.45) is 0 Å². The molecule has 2 aromatic heterocycles. The number of methoxy groups -OCH3 is 2. The molecule has 0 aliphatic rings. The standard InChI is InChI=1S/C26H29FN5O9P/c1-36-18-4-6-19(7-5-18)41-22(33)9-11-39-42(35,40-14-17-3-8-21(37-2)20(27)13-17)16-38-12-10-32-15-29-23-24(32)30-26(28)31-25(23)34/h3-8,13,15H,9-12,14,16H2,1-2H3,(H3,28,30,31,34). The number of halogens is 1. The minimum absolute atomic E-state index is 0.00717. The summed E-state index contributed by atoms with van der Waals surface area (Å²) in [6, 6.07) is 10.5. The number of imidazole rings is 1. The van der Waals surface area contributed by atoms with Crippen molar-refractivity contribution >= 4 is 30.7 Å². The number of esters is 1. The van der Waals surface area contributed by atoms with Gasteiger partial charge in [0.05, 0.1) is 46.8 Å². The van der Waals surface area contributed by atoms with Crippen LogP contribution in [-0.4, -0.2) is 59.3 Å². The lowest BCUT2D eigenvalue weighted by molar-refractivity contribution is -0.134. The molecular formula is C26H29FN5O9P. The predicted molar refractivity (Wildman–Crippen MR) is 148 cm³/mol. The van der Waals surface area contributed by atoms with E-state index in [0.29, 0.717) is 17.1 Å². The predicted octanol–water partition coefficient (Wildman–Crippen LogP) is 3.25. The zero-order valence-corrected chi connectivity index (χ0v) is 23.7. The molecule has 0 radical (unpaired) electrons. The lowest BCUT2D eigenvalue weighted by Crippen LogP contribution is -2.14. The molecule has 0 spiro atoms. The van der Waals surface area contributed by atoms with Crippen LogP contribution in [0.3, 0.4) is 0 Å². The van der Waals surface area contributed by atoms with E-state index in [0.717, 1.165) is 0 Å². The van der Waals surface area contributed by atoms with Crippen LogP contribution in [0.15, 0.2) is 53.6 Å². The Labute approximate surface area is 239 Å². The second-order valence-corrected chi connectivity index (χ2v) is 10.7. The van der Waals surface area contributed by atoms with Crippen LogP contribution in [0.2, 0.25) is 0 Å². The first-order chi connectivity index (χ1) is 20.2. The summed E-state index contributed by atoms with van der Waals surface area (Å²) in [5.41, 5.74) is 5.87. The van der Waals surface area contributed by atoms with Gasteiger partial charge < -0.3 is 38.3 Å². The maximum atomic E-state index is 14.1. The molecule has 42 heavy (non-hydrogen) atoms. The quantitative estimate of drug-likeness (QED) is 0.0876. The molecule has 14 nitrogen and oxygen atoms in total. The highest BCUT2D eigenvalue weighted by Gasteiger charge is 2.26. The number of benzene rings is 2. The second kappa shape index (κ2) is 14.0. The van der Waals surface area contributed by atoms with Crippen LogP contribution in [0.1, 0.15) is 12.0 Å². The number of aromatic nitrogens is 4. The van der Waals surface area contributed by atoms with Crippen LogP contribution in [0, 0.1) is 5.82 Å². The van der Waals surface area contributed by atoms with E-state index in [1.165, 1.54) is 32.7 Å². The molecule has 0 saturated heterocycles. The molecule has 16 heteroatoms. The molecule has 2 heterocycles. The number of nitrogens with two attached hydrogens (primary N) is 1. The molecule has 0 fully saturated rings. The number of nitrogen functional groups attached to an aromatic ring is 1. The van der Waals surface area contributed by atoms with Gasteiger partial charge in [-0.1, -0.05) is 6.07 Å². The number of carbonyl (C=O) groups excluding carboxylic acids is 1. The molecule has 0 aliphatic heterocycles. The summed E-state index contributed by atoms with van der Waals surface area (Å²) in [5.74, 6) is -0.367. The van der Waals surface area contributed by atoms with Gasteiger partial charge in [0.15, 0.2) is 22.7 Å². The SMILES string of the molecule is COc1ccc(OC(=O)CCOP(=O)(COCCn2cnc3c(=O)[nH]c(N)nc32)OCc2ccc(OC)c(F)c2)cc1. The number of rotatable bonds is 15. The van der Waals surface area contributed by atoms with E-state index in [1.807, 2.05) is 0 Å². The van der Waals surface area contributed by atoms with Crippen molar-refractivity contribution in [2.45, 2.75) is 19.6 Å². The van der Waals surface area contributed by atoms with E-state index in [-0.39, 0.29) is 55.6 Å². The average Bonchev–Trinajstić information content (AvgIpc) is 3.38. The number of carbonyl (C=O) groups is 1. The van der Waals surface area contributed by atoms with Gasteiger partial charge in [0.25, 0.3) is 5.56 Å². The summed E-state index contributed by atoms with van der Waals surface area (Å²) in [4.78, 5) is 34.7. The van der Waals surface area contributed by atoms with E-state index >= 15 is 0 Å². The number of nitrogens with one attached hydrogen (secondary N) is 1. The molecule has 224 valence electrons. The lowest BCUT2D eigenvalue weighted by atomic mass is 10.2. The topological polar surface area (TPSA) is 179 Å². The molecule has 4 rings (SSSR count). The first-order valence-corrected chi connectivity index (χ1v) is 14.3. The monoisotopic (exact) mass is 605 g/mol. The van der Waals surface area contributed by atoms with Crippen molar-refractivity contribution in [3.8, 4) is 17.2 Å². The third-order valence-electron chi connectivity index (χ3n) is 5.75. The molecule has 1 atom stereocenters. The highest BCUT2D eigenvalue weighted by atomic mass is 31.2. The molecule has 1 unspecified atom stereocenters. The summed E-state index contributed by atoms with van der Waals surface area (Å²) in [6.07, 6.45) is 0.677. The van der Waals surface area contributed by atoms with E-state index in [4.69, 9.17) is 33.7 Å². The van der Waals surface area contributed by atoms with Crippen LogP contribution in [0.5, 0.6) is 17.2 Å². The number of anilines is 1. The van der Waals surface area contributed by atoms with Gasteiger partial charge in [-0.25, -0.2) is 9.37 Å². The van der Waals surface area contributed by atoms with Crippen molar-refractivity contribution < 1.29 is 41.7 Å². The van der Waals surface area contributed by atoms with Gasteiger partial charge in [-0.15, -0.1) is 0 Å². The Hall–Kier alpha value is -4.30. The summed E-state index contributed by atoms with van der Waals surface area (Å²) in [5, 5.41) is 0. The first-order valence-electron chi connectivity index (χ1n) is 12.5. The van der Waals surface area contributed by atoms with Crippen LogP contribution in [-0.2, 0) is 36.3 Å². The zero-order valence-electron chi connectivity index (χ0n) is 22.8. The zero-order chi connectivity index (χ0) is 30.1. The highest BCUT2D eigenvalue weighted by molar-refractivity contribution is 7.53. The average molecular weight is 606 g/mol. The maximum absolute atomic E-state index is 14.1. The van der Waals surface area contributed by atoms with Gasteiger partial charge in [0, 0.05) is 6.54 Å².